The molecule has 0 saturated heterocycles. The van der Waals surface area contributed by atoms with Crippen molar-refractivity contribution in [3.05, 3.63) is 24.3 Å². The van der Waals surface area contributed by atoms with Crippen molar-refractivity contribution in [2.75, 3.05) is 38.2 Å². The highest BCUT2D eigenvalue weighted by molar-refractivity contribution is 7.98. The lowest BCUT2D eigenvalue weighted by Crippen LogP contribution is -2.25. The first-order chi connectivity index (χ1) is 10.1. The number of rotatable bonds is 11. The second kappa shape index (κ2) is 10.0. The predicted molar refractivity (Wildman–Crippen MR) is 88.7 cm³/mol. The van der Waals surface area contributed by atoms with Crippen LogP contribution in [-0.4, -0.2) is 46.7 Å². The molecule has 1 aromatic rings. The van der Waals surface area contributed by atoms with Crippen LogP contribution in [0.3, 0.4) is 0 Å². The van der Waals surface area contributed by atoms with Crippen molar-refractivity contribution in [1.82, 2.24) is 10.0 Å². The van der Waals surface area contributed by atoms with Crippen LogP contribution < -0.4 is 14.8 Å². The molecule has 0 radical (unpaired) electrons. The van der Waals surface area contributed by atoms with Crippen molar-refractivity contribution >= 4 is 21.8 Å². The van der Waals surface area contributed by atoms with Crippen molar-refractivity contribution in [1.29, 1.82) is 0 Å². The number of hydrogen-bond acceptors (Lipinski definition) is 5. The van der Waals surface area contributed by atoms with Crippen LogP contribution in [0.15, 0.2) is 29.2 Å². The van der Waals surface area contributed by atoms with Crippen LogP contribution in [0, 0.1) is 0 Å². The largest absolute Gasteiger partial charge is 0.492 e. The number of hydrogen-bond donors (Lipinski definition) is 2. The highest BCUT2D eigenvalue weighted by Gasteiger charge is 2.12. The average Bonchev–Trinajstić information content (AvgIpc) is 2.49. The van der Waals surface area contributed by atoms with Crippen LogP contribution >= 0.6 is 11.8 Å². The monoisotopic (exact) mass is 332 g/mol. The van der Waals surface area contributed by atoms with Gasteiger partial charge < -0.3 is 10.1 Å². The highest BCUT2D eigenvalue weighted by atomic mass is 32.2. The number of nitrogens with one attached hydrogen (secondary N) is 2. The van der Waals surface area contributed by atoms with Gasteiger partial charge in [0, 0.05) is 13.1 Å². The second-order valence-electron chi connectivity index (χ2n) is 4.42. The summed E-state index contributed by atoms with van der Waals surface area (Å²) in [5.41, 5.74) is 0. The maximum Gasteiger partial charge on any atom is 0.240 e. The zero-order valence-corrected chi connectivity index (χ0v) is 14.2. The molecule has 1 rings (SSSR count). The van der Waals surface area contributed by atoms with Crippen molar-refractivity contribution < 1.29 is 13.2 Å². The number of thioether (sulfide) groups is 1. The first-order valence-corrected chi connectivity index (χ1v) is 9.90. The van der Waals surface area contributed by atoms with E-state index in [2.05, 4.69) is 10.0 Å². The van der Waals surface area contributed by atoms with Gasteiger partial charge in [-0.2, -0.15) is 11.8 Å². The molecule has 0 aromatic heterocycles. The number of benzene rings is 1. The van der Waals surface area contributed by atoms with Gasteiger partial charge in [0.05, 0.1) is 4.90 Å². The maximum atomic E-state index is 12.0. The topological polar surface area (TPSA) is 67.4 Å². The third-order valence-electron chi connectivity index (χ3n) is 2.75. The summed E-state index contributed by atoms with van der Waals surface area (Å²) in [5.74, 6) is 1.62. The lowest BCUT2D eigenvalue weighted by atomic mass is 10.3. The van der Waals surface area contributed by atoms with Gasteiger partial charge in [0.25, 0.3) is 0 Å². The van der Waals surface area contributed by atoms with Gasteiger partial charge in [-0.05, 0) is 49.2 Å². The maximum absolute atomic E-state index is 12.0. The lowest BCUT2D eigenvalue weighted by Gasteiger charge is -2.09. The highest BCUT2D eigenvalue weighted by Crippen LogP contribution is 2.15. The third kappa shape index (κ3) is 7.17. The van der Waals surface area contributed by atoms with Crippen LogP contribution in [0.25, 0.3) is 0 Å². The molecule has 120 valence electrons. The number of likely N-dealkylation sites (N-methyl/N-ethyl adjacent to an activating group) is 1. The van der Waals surface area contributed by atoms with E-state index in [4.69, 9.17) is 4.74 Å². The third-order valence-corrected chi connectivity index (χ3v) is 4.92. The first kappa shape index (κ1) is 18.3. The Morgan fingerprint density at radius 2 is 1.90 bits per heavy atom. The molecule has 0 atom stereocenters. The van der Waals surface area contributed by atoms with Gasteiger partial charge in [-0.25, -0.2) is 13.1 Å². The van der Waals surface area contributed by atoms with Crippen LogP contribution in [0.4, 0.5) is 0 Å². The Morgan fingerprint density at radius 1 is 1.19 bits per heavy atom. The molecule has 0 fully saturated rings. The molecule has 0 heterocycles. The van der Waals surface area contributed by atoms with Gasteiger partial charge in [-0.1, -0.05) is 6.92 Å². The minimum atomic E-state index is -3.41. The molecule has 0 aliphatic rings. The van der Waals surface area contributed by atoms with Crippen LogP contribution in [0.1, 0.15) is 13.3 Å². The summed E-state index contributed by atoms with van der Waals surface area (Å²) in [6.45, 7) is 4.74. The predicted octanol–water partition coefficient (Wildman–Crippen LogP) is 1.71. The van der Waals surface area contributed by atoms with E-state index < -0.39 is 10.0 Å². The van der Waals surface area contributed by atoms with E-state index >= 15 is 0 Å². The van der Waals surface area contributed by atoms with Crippen molar-refractivity contribution in [3.63, 3.8) is 0 Å². The van der Waals surface area contributed by atoms with Gasteiger partial charge in [-0.15, -0.1) is 0 Å². The Kier molecular flexibility index (Phi) is 8.75. The quantitative estimate of drug-likeness (QED) is 0.604. The Bertz CT molecular complexity index is 489. The average molecular weight is 332 g/mol. The molecule has 1 aromatic carbocycles. The molecule has 2 N–H and O–H groups in total. The standard InChI is InChI=1S/C14H24N2O3S2/c1-3-15-10-11-19-13-5-7-14(8-6-13)21(17,18)16-9-4-12-20-2/h5-8,15-16H,3-4,9-12H2,1-2H3. The smallest absolute Gasteiger partial charge is 0.240 e. The van der Waals surface area contributed by atoms with E-state index in [0.717, 1.165) is 25.3 Å². The van der Waals surface area contributed by atoms with Crippen LogP contribution in [0.5, 0.6) is 5.75 Å². The normalized spacial score (nSPS) is 11.5. The van der Waals surface area contributed by atoms with E-state index in [0.29, 0.717) is 18.9 Å². The van der Waals surface area contributed by atoms with Gasteiger partial charge in [0.1, 0.15) is 12.4 Å². The Morgan fingerprint density at radius 3 is 2.52 bits per heavy atom. The molecule has 0 amide bonds. The van der Waals surface area contributed by atoms with Gasteiger partial charge >= 0.3 is 0 Å². The molecule has 0 aliphatic carbocycles. The number of sulfonamides is 1. The summed E-state index contributed by atoms with van der Waals surface area (Å²) < 4.78 is 32.2. The van der Waals surface area contributed by atoms with E-state index in [9.17, 15) is 8.42 Å². The van der Waals surface area contributed by atoms with Crippen LogP contribution in [-0.2, 0) is 10.0 Å². The molecule has 0 aliphatic heterocycles. The Labute approximate surface area is 131 Å². The summed E-state index contributed by atoms with van der Waals surface area (Å²) in [6.07, 6.45) is 2.83. The van der Waals surface area contributed by atoms with Crippen molar-refractivity contribution in [2.24, 2.45) is 0 Å². The zero-order chi connectivity index (χ0) is 15.6. The fourth-order valence-corrected chi connectivity index (χ4v) is 3.15. The van der Waals surface area contributed by atoms with Gasteiger partial charge in [0.2, 0.25) is 10.0 Å². The molecule has 0 unspecified atom stereocenters. The van der Waals surface area contributed by atoms with Crippen molar-refractivity contribution in [3.8, 4) is 5.75 Å². The fourth-order valence-electron chi connectivity index (χ4n) is 1.64. The van der Waals surface area contributed by atoms with E-state index in [-0.39, 0.29) is 4.90 Å². The first-order valence-electron chi connectivity index (χ1n) is 7.02. The summed E-state index contributed by atoms with van der Waals surface area (Å²) in [7, 11) is -3.41. The zero-order valence-electron chi connectivity index (χ0n) is 12.6. The second-order valence-corrected chi connectivity index (χ2v) is 7.17. The molecule has 0 spiro atoms. The number of ether oxygens (including phenoxy) is 1. The fraction of sp³-hybridized carbons (Fsp3) is 0.571. The van der Waals surface area contributed by atoms with E-state index in [1.807, 2.05) is 13.2 Å². The van der Waals surface area contributed by atoms with E-state index in [1.54, 1.807) is 36.0 Å². The Hall–Kier alpha value is -0.760. The summed E-state index contributed by atoms with van der Waals surface area (Å²) >= 11 is 1.70. The Balaban J connectivity index is 2.48. The summed E-state index contributed by atoms with van der Waals surface area (Å²) in [5, 5.41) is 3.16. The molecule has 0 bridgehead atoms. The van der Waals surface area contributed by atoms with Gasteiger partial charge in [-0.3, -0.25) is 0 Å². The minimum absolute atomic E-state index is 0.269. The summed E-state index contributed by atoms with van der Waals surface area (Å²) in [4.78, 5) is 0.269. The molecule has 21 heavy (non-hydrogen) atoms. The minimum Gasteiger partial charge on any atom is -0.492 e. The molecule has 7 heteroatoms. The van der Waals surface area contributed by atoms with E-state index in [1.165, 1.54) is 0 Å². The summed E-state index contributed by atoms with van der Waals surface area (Å²) in [6, 6.07) is 6.50. The molecular formula is C14H24N2O3S2. The van der Waals surface area contributed by atoms with Crippen molar-refractivity contribution in [2.45, 2.75) is 18.2 Å². The van der Waals surface area contributed by atoms with Gasteiger partial charge in [0.15, 0.2) is 0 Å². The lowest BCUT2D eigenvalue weighted by molar-refractivity contribution is 0.315. The van der Waals surface area contributed by atoms with Crippen LogP contribution in [0.2, 0.25) is 0 Å². The SMILES string of the molecule is CCNCCOc1ccc(S(=O)(=O)NCCCSC)cc1. The molecule has 5 nitrogen and oxygen atoms in total. The molecule has 0 saturated carbocycles. The molecular weight excluding hydrogens is 308 g/mol.